The molecule has 5 nitrogen and oxygen atoms in total. The number of nitrogens with zero attached hydrogens (tertiary/aromatic N) is 1. The lowest BCUT2D eigenvalue weighted by Gasteiger charge is -2.12. The Bertz CT molecular complexity index is 905. The van der Waals surface area contributed by atoms with Gasteiger partial charge >= 0.3 is 0 Å². The number of aryl methyl sites for hydroxylation is 2. The van der Waals surface area contributed by atoms with Gasteiger partial charge in [0, 0.05) is 19.3 Å². The minimum absolute atomic E-state index is 0.374. The molecule has 0 aromatic heterocycles. The number of rotatable bonds is 7. The van der Waals surface area contributed by atoms with Crippen molar-refractivity contribution in [2.75, 3.05) is 19.3 Å². The van der Waals surface area contributed by atoms with Crippen molar-refractivity contribution < 1.29 is 8.42 Å². The number of benzene rings is 2. The Hall–Kier alpha value is -2.34. The average Bonchev–Trinajstić information content (AvgIpc) is 2.60. The van der Waals surface area contributed by atoms with Gasteiger partial charge in [-0.15, -0.1) is 0 Å². The van der Waals surface area contributed by atoms with Gasteiger partial charge in [0.25, 0.3) is 0 Å². The van der Waals surface area contributed by atoms with E-state index in [4.69, 9.17) is 0 Å². The number of hydrogen-bond donors (Lipinski definition) is 2. The molecule has 0 aliphatic carbocycles. The SMILES string of the molecule is CCNC(=NCc1ccc(S(C)(=O)=O)c(C)c1)NCCc1ccccc1C. The van der Waals surface area contributed by atoms with E-state index in [9.17, 15) is 8.42 Å². The van der Waals surface area contributed by atoms with Crippen LogP contribution in [0.25, 0.3) is 0 Å². The molecule has 27 heavy (non-hydrogen) atoms. The largest absolute Gasteiger partial charge is 0.357 e. The zero-order valence-corrected chi connectivity index (χ0v) is 17.4. The van der Waals surface area contributed by atoms with E-state index in [1.54, 1.807) is 6.07 Å². The quantitative estimate of drug-likeness (QED) is 0.566. The average molecular weight is 388 g/mol. The van der Waals surface area contributed by atoms with Crippen molar-refractivity contribution in [1.29, 1.82) is 0 Å². The summed E-state index contributed by atoms with van der Waals surface area (Å²) in [6.45, 7) is 8.03. The number of sulfone groups is 1. The van der Waals surface area contributed by atoms with Crippen molar-refractivity contribution in [2.24, 2.45) is 4.99 Å². The summed E-state index contributed by atoms with van der Waals surface area (Å²) in [6, 6.07) is 13.7. The smallest absolute Gasteiger partial charge is 0.191 e. The van der Waals surface area contributed by atoms with Crippen LogP contribution < -0.4 is 10.6 Å². The van der Waals surface area contributed by atoms with Gasteiger partial charge in [-0.1, -0.05) is 36.4 Å². The van der Waals surface area contributed by atoms with E-state index >= 15 is 0 Å². The number of nitrogens with one attached hydrogen (secondary N) is 2. The van der Waals surface area contributed by atoms with Crippen LogP contribution in [0.5, 0.6) is 0 Å². The minimum atomic E-state index is -3.19. The Morgan fingerprint density at radius 1 is 1.04 bits per heavy atom. The first-order chi connectivity index (χ1) is 12.8. The van der Waals surface area contributed by atoms with Crippen LogP contribution in [-0.2, 0) is 22.8 Å². The van der Waals surface area contributed by atoms with Crippen LogP contribution in [0.4, 0.5) is 0 Å². The highest BCUT2D eigenvalue weighted by Crippen LogP contribution is 2.17. The standard InChI is InChI=1S/C21H29N3O2S/c1-5-22-21(23-13-12-19-9-7-6-8-16(19)2)24-15-18-10-11-20(17(3)14-18)27(4,25)26/h6-11,14H,5,12-13,15H2,1-4H3,(H2,22,23,24). The molecule has 2 aromatic carbocycles. The van der Waals surface area contributed by atoms with Gasteiger partial charge in [0.05, 0.1) is 11.4 Å². The van der Waals surface area contributed by atoms with E-state index in [2.05, 4.69) is 46.8 Å². The summed E-state index contributed by atoms with van der Waals surface area (Å²) in [7, 11) is -3.19. The van der Waals surface area contributed by atoms with Crippen LogP contribution in [0.2, 0.25) is 0 Å². The third kappa shape index (κ3) is 6.40. The van der Waals surface area contributed by atoms with Gasteiger partial charge in [0.15, 0.2) is 15.8 Å². The molecule has 2 N–H and O–H groups in total. The number of aliphatic imine (C=N–C) groups is 1. The van der Waals surface area contributed by atoms with Gasteiger partial charge in [-0.25, -0.2) is 13.4 Å². The Morgan fingerprint density at radius 3 is 2.41 bits per heavy atom. The van der Waals surface area contributed by atoms with Crippen molar-refractivity contribution in [2.45, 2.75) is 38.6 Å². The van der Waals surface area contributed by atoms with Crippen LogP contribution in [0, 0.1) is 13.8 Å². The predicted molar refractivity (Wildman–Crippen MR) is 112 cm³/mol. The highest BCUT2D eigenvalue weighted by molar-refractivity contribution is 7.90. The molecule has 0 bridgehead atoms. The number of hydrogen-bond acceptors (Lipinski definition) is 3. The maximum absolute atomic E-state index is 11.7. The lowest BCUT2D eigenvalue weighted by atomic mass is 10.1. The molecule has 0 aliphatic rings. The van der Waals surface area contributed by atoms with Crippen molar-refractivity contribution in [3.63, 3.8) is 0 Å². The summed E-state index contributed by atoms with van der Waals surface area (Å²) in [5, 5.41) is 6.61. The summed E-state index contributed by atoms with van der Waals surface area (Å²) < 4.78 is 23.5. The Labute approximate surface area is 162 Å². The second kappa shape index (κ2) is 9.55. The minimum Gasteiger partial charge on any atom is -0.357 e. The predicted octanol–water partition coefficient (Wildman–Crippen LogP) is 3.00. The van der Waals surface area contributed by atoms with Crippen molar-refractivity contribution >= 4 is 15.8 Å². The summed E-state index contributed by atoms with van der Waals surface area (Å²) in [6.07, 6.45) is 2.16. The zero-order valence-electron chi connectivity index (χ0n) is 16.5. The molecular formula is C21H29N3O2S. The molecule has 0 heterocycles. The van der Waals surface area contributed by atoms with E-state index in [0.29, 0.717) is 11.4 Å². The first-order valence-electron chi connectivity index (χ1n) is 9.17. The molecule has 2 aromatic rings. The second-order valence-electron chi connectivity index (χ2n) is 6.67. The molecule has 0 fully saturated rings. The molecule has 0 amide bonds. The van der Waals surface area contributed by atoms with Crippen molar-refractivity contribution in [3.05, 3.63) is 64.7 Å². The van der Waals surface area contributed by atoms with Crippen LogP contribution >= 0.6 is 0 Å². The molecule has 0 aliphatic heterocycles. The highest BCUT2D eigenvalue weighted by Gasteiger charge is 2.10. The van der Waals surface area contributed by atoms with E-state index in [1.807, 2.05) is 26.0 Å². The second-order valence-corrected chi connectivity index (χ2v) is 8.65. The van der Waals surface area contributed by atoms with Crippen LogP contribution in [0.15, 0.2) is 52.4 Å². The molecule has 0 saturated carbocycles. The molecule has 146 valence electrons. The summed E-state index contributed by atoms with van der Waals surface area (Å²) in [4.78, 5) is 4.99. The van der Waals surface area contributed by atoms with Crippen LogP contribution in [0.3, 0.4) is 0 Å². The van der Waals surface area contributed by atoms with E-state index in [0.717, 1.165) is 36.6 Å². The van der Waals surface area contributed by atoms with Crippen LogP contribution in [0.1, 0.15) is 29.2 Å². The van der Waals surface area contributed by atoms with E-state index < -0.39 is 9.84 Å². The molecule has 0 spiro atoms. The monoisotopic (exact) mass is 387 g/mol. The molecule has 0 radical (unpaired) electrons. The molecule has 0 saturated heterocycles. The van der Waals surface area contributed by atoms with Crippen LogP contribution in [-0.4, -0.2) is 33.7 Å². The Kier molecular flexibility index (Phi) is 7.42. The number of guanidine groups is 1. The zero-order chi connectivity index (χ0) is 19.9. The summed E-state index contributed by atoms with van der Waals surface area (Å²) >= 11 is 0. The maximum Gasteiger partial charge on any atom is 0.191 e. The molecule has 0 unspecified atom stereocenters. The fraction of sp³-hybridized carbons (Fsp3) is 0.381. The lowest BCUT2D eigenvalue weighted by Crippen LogP contribution is -2.38. The van der Waals surface area contributed by atoms with Gasteiger partial charge in [-0.05, 0) is 55.5 Å². The first kappa shape index (κ1) is 21.0. The van der Waals surface area contributed by atoms with Gasteiger partial charge in [0.1, 0.15) is 0 Å². The Morgan fingerprint density at radius 2 is 1.78 bits per heavy atom. The third-order valence-electron chi connectivity index (χ3n) is 4.35. The third-order valence-corrected chi connectivity index (χ3v) is 5.61. The lowest BCUT2D eigenvalue weighted by molar-refractivity contribution is 0.601. The van der Waals surface area contributed by atoms with Gasteiger partial charge in [-0.3, -0.25) is 0 Å². The molecular weight excluding hydrogens is 358 g/mol. The van der Waals surface area contributed by atoms with Gasteiger partial charge in [0.2, 0.25) is 0 Å². The maximum atomic E-state index is 11.7. The summed E-state index contributed by atoms with van der Waals surface area (Å²) in [5.41, 5.74) is 4.36. The van der Waals surface area contributed by atoms with E-state index in [1.165, 1.54) is 17.4 Å². The highest BCUT2D eigenvalue weighted by atomic mass is 32.2. The Balaban J connectivity index is 2.00. The first-order valence-corrected chi connectivity index (χ1v) is 11.1. The van der Waals surface area contributed by atoms with Gasteiger partial charge < -0.3 is 10.6 Å². The normalized spacial score (nSPS) is 12.1. The molecule has 0 atom stereocenters. The molecule has 2 rings (SSSR count). The summed E-state index contributed by atoms with van der Waals surface area (Å²) in [5.74, 6) is 0.760. The molecule has 6 heteroatoms. The fourth-order valence-electron chi connectivity index (χ4n) is 2.94. The van der Waals surface area contributed by atoms with Crippen molar-refractivity contribution in [3.8, 4) is 0 Å². The topological polar surface area (TPSA) is 70.6 Å². The van der Waals surface area contributed by atoms with Gasteiger partial charge in [-0.2, -0.15) is 0 Å². The fourth-order valence-corrected chi connectivity index (χ4v) is 3.90. The van der Waals surface area contributed by atoms with Crippen molar-refractivity contribution in [1.82, 2.24) is 10.6 Å². The van der Waals surface area contributed by atoms with E-state index in [-0.39, 0.29) is 0 Å².